The molecule has 14 heavy (non-hydrogen) atoms. The molecular formula is C10H21N3O. The van der Waals surface area contributed by atoms with Crippen molar-refractivity contribution in [2.45, 2.75) is 45.1 Å². The maximum absolute atomic E-state index is 11.5. The fourth-order valence-electron chi connectivity index (χ4n) is 2.11. The zero-order valence-electron chi connectivity index (χ0n) is 8.96. The molecule has 0 aromatic heterocycles. The van der Waals surface area contributed by atoms with E-state index in [-0.39, 0.29) is 11.9 Å². The Morgan fingerprint density at radius 3 is 2.36 bits per heavy atom. The van der Waals surface area contributed by atoms with Gasteiger partial charge in [-0.3, -0.25) is 15.1 Å². The summed E-state index contributed by atoms with van der Waals surface area (Å²) in [6.45, 7) is 4.10. The number of likely N-dealkylation sites (tertiary alicyclic amines) is 1. The molecule has 1 heterocycles. The Morgan fingerprint density at radius 1 is 1.36 bits per heavy atom. The van der Waals surface area contributed by atoms with Crippen molar-refractivity contribution in [1.82, 2.24) is 10.3 Å². The second-order valence-electron chi connectivity index (χ2n) is 3.88. The molecule has 1 aliphatic rings. The minimum absolute atomic E-state index is 0.0295. The Morgan fingerprint density at radius 2 is 1.93 bits per heavy atom. The van der Waals surface area contributed by atoms with Gasteiger partial charge in [0.15, 0.2) is 0 Å². The molecule has 1 aliphatic heterocycles. The van der Waals surface area contributed by atoms with Crippen LogP contribution in [0.25, 0.3) is 0 Å². The fraction of sp³-hybridized carbons (Fsp3) is 0.900. The normalized spacial score (nSPS) is 21.3. The number of carbonyl (C=O) groups excluding carboxylic acids is 1. The van der Waals surface area contributed by atoms with Crippen LogP contribution in [-0.2, 0) is 4.79 Å². The fourth-order valence-corrected chi connectivity index (χ4v) is 2.11. The highest BCUT2D eigenvalue weighted by molar-refractivity contribution is 5.81. The molecule has 0 aromatic carbocycles. The third-order valence-corrected chi connectivity index (χ3v) is 2.91. The molecular weight excluding hydrogens is 178 g/mol. The molecule has 4 nitrogen and oxygen atoms in total. The van der Waals surface area contributed by atoms with Crippen molar-refractivity contribution in [3.63, 3.8) is 0 Å². The van der Waals surface area contributed by atoms with Crippen molar-refractivity contribution < 1.29 is 4.79 Å². The van der Waals surface area contributed by atoms with E-state index < -0.39 is 0 Å². The van der Waals surface area contributed by atoms with Crippen LogP contribution in [0.5, 0.6) is 0 Å². The highest BCUT2D eigenvalue weighted by Crippen LogP contribution is 2.14. The first kappa shape index (κ1) is 11.5. The van der Waals surface area contributed by atoms with Crippen LogP contribution >= 0.6 is 0 Å². The standard InChI is InChI=1S/C10H21N3O/c1-2-9(10(14)12-11)13-7-5-3-4-6-8-13/h9H,2-8,11H2,1H3,(H,12,14)/t9-/m0/s1. The lowest BCUT2D eigenvalue weighted by Gasteiger charge is -2.27. The molecule has 1 fully saturated rings. The maximum Gasteiger partial charge on any atom is 0.251 e. The van der Waals surface area contributed by atoms with Crippen LogP contribution < -0.4 is 11.3 Å². The molecule has 0 bridgehead atoms. The summed E-state index contributed by atoms with van der Waals surface area (Å²) >= 11 is 0. The summed E-state index contributed by atoms with van der Waals surface area (Å²) in [5, 5.41) is 0. The van der Waals surface area contributed by atoms with E-state index in [2.05, 4.69) is 10.3 Å². The molecule has 1 saturated heterocycles. The average molecular weight is 199 g/mol. The monoisotopic (exact) mass is 199 g/mol. The highest BCUT2D eigenvalue weighted by Gasteiger charge is 2.23. The Kier molecular flexibility index (Phi) is 4.90. The summed E-state index contributed by atoms with van der Waals surface area (Å²) in [4.78, 5) is 13.7. The summed E-state index contributed by atoms with van der Waals surface area (Å²) < 4.78 is 0. The van der Waals surface area contributed by atoms with Crippen LogP contribution in [0.3, 0.4) is 0 Å². The van der Waals surface area contributed by atoms with Gasteiger partial charge in [-0.05, 0) is 32.4 Å². The molecule has 1 rings (SSSR count). The van der Waals surface area contributed by atoms with Crippen molar-refractivity contribution in [1.29, 1.82) is 0 Å². The molecule has 1 amide bonds. The third-order valence-electron chi connectivity index (χ3n) is 2.91. The summed E-state index contributed by atoms with van der Waals surface area (Å²) in [5.41, 5.74) is 2.25. The van der Waals surface area contributed by atoms with Gasteiger partial charge in [-0.2, -0.15) is 0 Å². The lowest BCUT2D eigenvalue weighted by molar-refractivity contribution is -0.126. The van der Waals surface area contributed by atoms with Gasteiger partial charge in [0.2, 0.25) is 0 Å². The lowest BCUT2D eigenvalue weighted by Crippen LogP contribution is -2.49. The van der Waals surface area contributed by atoms with Gasteiger partial charge >= 0.3 is 0 Å². The van der Waals surface area contributed by atoms with Gasteiger partial charge in [0.25, 0.3) is 5.91 Å². The topological polar surface area (TPSA) is 58.4 Å². The van der Waals surface area contributed by atoms with Gasteiger partial charge in [0.1, 0.15) is 0 Å². The summed E-state index contributed by atoms with van der Waals surface area (Å²) in [6.07, 6.45) is 5.82. The molecule has 3 N–H and O–H groups in total. The predicted molar refractivity (Wildman–Crippen MR) is 56.5 cm³/mol. The summed E-state index contributed by atoms with van der Waals surface area (Å²) in [5.74, 6) is 5.12. The summed E-state index contributed by atoms with van der Waals surface area (Å²) in [6, 6.07) is -0.0295. The zero-order valence-corrected chi connectivity index (χ0v) is 8.96. The Bertz CT molecular complexity index is 176. The van der Waals surface area contributed by atoms with Crippen LogP contribution in [0.15, 0.2) is 0 Å². The maximum atomic E-state index is 11.5. The molecule has 0 spiro atoms. The van der Waals surface area contributed by atoms with E-state index in [0.717, 1.165) is 19.5 Å². The summed E-state index contributed by atoms with van der Waals surface area (Å²) in [7, 11) is 0. The van der Waals surface area contributed by atoms with Crippen molar-refractivity contribution in [3.8, 4) is 0 Å². The largest absolute Gasteiger partial charge is 0.293 e. The van der Waals surface area contributed by atoms with Gasteiger partial charge < -0.3 is 0 Å². The molecule has 1 atom stereocenters. The van der Waals surface area contributed by atoms with Crippen molar-refractivity contribution in [3.05, 3.63) is 0 Å². The first-order valence-corrected chi connectivity index (χ1v) is 5.54. The predicted octanol–water partition coefficient (Wildman–Crippen LogP) is 0.631. The van der Waals surface area contributed by atoms with Crippen LogP contribution in [0.1, 0.15) is 39.0 Å². The second kappa shape index (κ2) is 5.98. The van der Waals surface area contributed by atoms with Crippen LogP contribution in [0.2, 0.25) is 0 Å². The number of nitrogens with one attached hydrogen (secondary N) is 1. The minimum Gasteiger partial charge on any atom is -0.293 e. The van der Waals surface area contributed by atoms with Gasteiger partial charge in [0, 0.05) is 0 Å². The third kappa shape index (κ3) is 2.96. The number of hydrogen-bond acceptors (Lipinski definition) is 3. The number of carbonyl (C=O) groups is 1. The second-order valence-corrected chi connectivity index (χ2v) is 3.88. The van der Waals surface area contributed by atoms with E-state index in [4.69, 9.17) is 5.84 Å². The first-order valence-electron chi connectivity index (χ1n) is 5.54. The van der Waals surface area contributed by atoms with E-state index in [1.807, 2.05) is 6.92 Å². The van der Waals surface area contributed by atoms with E-state index in [9.17, 15) is 4.79 Å². The van der Waals surface area contributed by atoms with Gasteiger partial charge in [-0.25, -0.2) is 5.84 Å². The molecule has 82 valence electrons. The number of rotatable bonds is 3. The smallest absolute Gasteiger partial charge is 0.251 e. The minimum atomic E-state index is -0.0469. The zero-order chi connectivity index (χ0) is 10.4. The van der Waals surface area contributed by atoms with Crippen LogP contribution in [-0.4, -0.2) is 29.9 Å². The van der Waals surface area contributed by atoms with Crippen LogP contribution in [0, 0.1) is 0 Å². The van der Waals surface area contributed by atoms with Crippen molar-refractivity contribution in [2.24, 2.45) is 5.84 Å². The SMILES string of the molecule is CC[C@@H](C(=O)NN)N1CCCCCC1. The quantitative estimate of drug-likeness (QED) is 0.398. The highest BCUT2D eigenvalue weighted by atomic mass is 16.2. The molecule has 0 aromatic rings. The van der Waals surface area contributed by atoms with Gasteiger partial charge in [-0.15, -0.1) is 0 Å². The Labute approximate surface area is 85.8 Å². The van der Waals surface area contributed by atoms with Crippen molar-refractivity contribution in [2.75, 3.05) is 13.1 Å². The van der Waals surface area contributed by atoms with E-state index in [1.165, 1.54) is 25.7 Å². The number of nitrogens with zero attached hydrogens (tertiary/aromatic N) is 1. The lowest BCUT2D eigenvalue weighted by atomic mass is 10.1. The number of nitrogens with two attached hydrogens (primary N) is 1. The Balaban J connectivity index is 2.52. The molecule has 0 radical (unpaired) electrons. The number of amides is 1. The molecule has 0 saturated carbocycles. The number of hydrogen-bond donors (Lipinski definition) is 2. The van der Waals surface area contributed by atoms with Gasteiger partial charge in [-0.1, -0.05) is 19.8 Å². The van der Waals surface area contributed by atoms with Crippen molar-refractivity contribution >= 4 is 5.91 Å². The molecule has 0 unspecified atom stereocenters. The van der Waals surface area contributed by atoms with Crippen LogP contribution in [0.4, 0.5) is 0 Å². The average Bonchev–Trinajstić information content (AvgIpc) is 2.47. The van der Waals surface area contributed by atoms with E-state index in [0.29, 0.717) is 0 Å². The van der Waals surface area contributed by atoms with Gasteiger partial charge in [0.05, 0.1) is 6.04 Å². The Hall–Kier alpha value is -0.610. The van der Waals surface area contributed by atoms with E-state index in [1.54, 1.807) is 0 Å². The number of hydrazine groups is 1. The molecule has 4 heteroatoms. The van der Waals surface area contributed by atoms with E-state index >= 15 is 0 Å². The first-order chi connectivity index (χ1) is 6.79. The molecule has 0 aliphatic carbocycles.